The Morgan fingerprint density at radius 2 is 1.52 bits per heavy atom. The Bertz CT molecular complexity index is 1330. The van der Waals surface area contributed by atoms with E-state index in [0.717, 1.165) is 21.5 Å². The average molecular weight is 409 g/mol. The van der Waals surface area contributed by atoms with Gasteiger partial charge in [-0.1, -0.05) is 36.4 Å². The summed E-state index contributed by atoms with van der Waals surface area (Å²) >= 11 is 0. The maximum absolute atomic E-state index is 12.7. The van der Waals surface area contributed by atoms with E-state index in [1.54, 1.807) is 48.5 Å². The fourth-order valence-electron chi connectivity index (χ4n) is 4.05. The molecule has 152 valence electrons. The Balaban J connectivity index is 1.38. The third-order valence-electron chi connectivity index (χ3n) is 5.50. The van der Waals surface area contributed by atoms with E-state index in [4.69, 9.17) is 0 Å². The van der Waals surface area contributed by atoms with Crippen LogP contribution in [0, 0.1) is 6.92 Å². The molecule has 0 radical (unpaired) electrons. The number of aromatic nitrogens is 1. The number of hydrogen-bond donors (Lipinski definition) is 1. The maximum atomic E-state index is 12.7. The molecule has 4 aromatic rings. The molecule has 31 heavy (non-hydrogen) atoms. The number of benzene rings is 3. The second-order valence-corrected chi connectivity index (χ2v) is 7.52. The van der Waals surface area contributed by atoms with Crippen molar-refractivity contribution in [3.63, 3.8) is 0 Å². The Hall–Kier alpha value is -4.19. The highest BCUT2D eigenvalue weighted by Gasteiger charge is 2.36. The van der Waals surface area contributed by atoms with Gasteiger partial charge in [0.25, 0.3) is 11.8 Å². The lowest BCUT2D eigenvalue weighted by Gasteiger charge is -2.15. The molecule has 6 heteroatoms. The van der Waals surface area contributed by atoms with Gasteiger partial charge in [0.15, 0.2) is 0 Å². The molecule has 0 aliphatic carbocycles. The first-order chi connectivity index (χ1) is 15.0. The molecule has 0 saturated heterocycles. The number of rotatable bonds is 4. The van der Waals surface area contributed by atoms with E-state index in [1.165, 1.54) is 0 Å². The molecule has 0 unspecified atom stereocenters. The van der Waals surface area contributed by atoms with E-state index in [2.05, 4.69) is 5.32 Å². The Kier molecular flexibility index (Phi) is 4.40. The number of aryl methyl sites for hydroxylation is 1. The molecular formula is C25H19N3O3. The predicted octanol–water partition coefficient (Wildman–Crippen LogP) is 4.39. The van der Waals surface area contributed by atoms with Crippen LogP contribution in [0.4, 0.5) is 11.4 Å². The number of carbonyl (C=O) groups is 3. The number of amides is 3. The van der Waals surface area contributed by atoms with Crippen molar-refractivity contribution in [3.05, 3.63) is 95.7 Å². The molecule has 0 spiro atoms. The van der Waals surface area contributed by atoms with Crippen LogP contribution >= 0.6 is 0 Å². The second kappa shape index (κ2) is 7.25. The fourth-order valence-corrected chi connectivity index (χ4v) is 4.05. The molecular weight excluding hydrogens is 390 g/mol. The number of carbonyl (C=O) groups excluding carboxylic acids is 3. The number of imide groups is 1. The van der Waals surface area contributed by atoms with Gasteiger partial charge >= 0.3 is 0 Å². The van der Waals surface area contributed by atoms with Crippen LogP contribution in [0.5, 0.6) is 0 Å². The summed E-state index contributed by atoms with van der Waals surface area (Å²) in [5.41, 5.74) is 3.71. The highest BCUT2D eigenvalue weighted by Crippen LogP contribution is 2.29. The SMILES string of the molecule is Cc1cc2ccccc2n1CC(=O)Nc1cccc(N2C(=O)c3ccccc3C2=O)c1. The minimum absolute atomic E-state index is 0.163. The van der Waals surface area contributed by atoms with E-state index in [0.29, 0.717) is 22.5 Å². The van der Waals surface area contributed by atoms with Crippen molar-refractivity contribution in [2.45, 2.75) is 13.5 Å². The predicted molar refractivity (Wildman–Crippen MR) is 119 cm³/mol. The fraction of sp³-hybridized carbons (Fsp3) is 0.0800. The van der Waals surface area contributed by atoms with Gasteiger partial charge in [0.1, 0.15) is 6.54 Å². The number of nitrogens with one attached hydrogen (secondary N) is 1. The van der Waals surface area contributed by atoms with Gasteiger partial charge in [-0.15, -0.1) is 0 Å². The third-order valence-corrected chi connectivity index (χ3v) is 5.50. The summed E-state index contributed by atoms with van der Waals surface area (Å²) in [4.78, 5) is 39.3. The van der Waals surface area contributed by atoms with Crippen LogP contribution in [-0.2, 0) is 11.3 Å². The highest BCUT2D eigenvalue weighted by atomic mass is 16.2. The standard InChI is InChI=1S/C25H19N3O3/c1-16-13-17-7-2-5-12-22(17)27(16)15-23(29)26-18-8-6-9-19(14-18)28-24(30)20-10-3-4-11-21(20)25(28)31/h2-14H,15H2,1H3,(H,26,29). The number of para-hydroxylation sites is 1. The lowest BCUT2D eigenvalue weighted by Crippen LogP contribution is -2.29. The second-order valence-electron chi connectivity index (χ2n) is 7.52. The zero-order valence-corrected chi connectivity index (χ0v) is 16.8. The summed E-state index contributed by atoms with van der Waals surface area (Å²) in [5.74, 6) is -0.916. The van der Waals surface area contributed by atoms with Crippen molar-refractivity contribution in [2.75, 3.05) is 10.2 Å². The van der Waals surface area contributed by atoms with E-state index in [-0.39, 0.29) is 24.3 Å². The number of hydrogen-bond acceptors (Lipinski definition) is 3. The topological polar surface area (TPSA) is 71.4 Å². The van der Waals surface area contributed by atoms with Gasteiger partial charge in [-0.05, 0) is 54.8 Å². The van der Waals surface area contributed by atoms with Crippen LogP contribution < -0.4 is 10.2 Å². The van der Waals surface area contributed by atoms with Crippen LogP contribution in [0.15, 0.2) is 78.9 Å². The third kappa shape index (κ3) is 3.18. The lowest BCUT2D eigenvalue weighted by atomic mass is 10.1. The smallest absolute Gasteiger partial charge is 0.266 e. The van der Waals surface area contributed by atoms with Crippen LogP contribution in [0.3, 0.4) is 0 Å². The van der Waals surface area contributed by atoms with Crippen LogP contribution in [-0.4, -0.2) is 22.3 Å². The molecule has 6 nitrogen and oxygen atoms in total. The quantitative estimate of drug-likeness (QED) is 0.508. The molecule has 3 amide bonds. The number of nitrogens with zero attached hydrogens (tertiary/aromatic N) is 2. The monoisotopic (exact) mass is 409 g/mol. The Labute approximate surface area is 178 Å². The normalized spacial score (nSPS) is 13.0. The molecule has 5 rings (SSSR count). The van der Waals surface area contributed by atoms with Crippen molar-refractivity contribution < 1.29 is 14.4 Å². The van der Waals surface area contributed by atoms with Crippen LogP contribution in [0.2, 0.25) is 0 Å². The first-order valence-corrected chi connectivity index (χ1v) is 9.95. The van der Waals surface area contributed by atoms with Gasteiger partial charge in [-0.2, -0.15) is 0 Å². The van der Waals surface area contributed by atoms with Gasteiger partial charge in [0.2, 0.25) is 5.91 Å². The summed E-state index contributed by atoms with van der Waals surface area (Å²) in [5, 5.41) is 3.96. The van der Waals surface area contributed by atoms with Crippen molar-refractivity contribution in [1.82, 2.24) is 4.57 Å². The van der Waals surface area contributed by atoms with E-state index in [1.807, 2.05) is 41.8 Å². The molecule has 0 bridgehead atoms. The van der Waals surface area contributed by atoms with Gasteiger partial charge in [0.05, 0.1) is 16.8 Å². The molecule has 1 N–H and O–H groups in total. The number of fused-ring (bicyclic) bond motifs is 2. The zero-order valence-electron chi connectivity index (χ0n) is 16.8. The van der Waals surface area contributed by atoms with E-state index in [9.17, 15) is 14.4 Å². The van der Waals surface area contributed by atoms with Crippen molar-refractivity contribution in [3.8, 4) is 0 Å². The van der Waals surface area contributed by atoms with Crippen molar-refractivity contribution in [2.24, 2.45) is 0 Å². The van der Waals surface area contributed by atoms with E-state index < -0.39 is 0 Å². The molecule has 3 aromatic carbocycles. The van der Waals surface area contributed by atoms with Crippen LogP contribution in [0.1, 0.15) is 26.4 Å². The minimum atomic E-state index is -0.362. The summed E-state index contributed by atoms with van der Waals surface area (Å²) < 4.78 is 1.96. The average Bonchev–Trinajstić information content (AvgIpc) is 3.22. The largest absolute Gasteiger partial charge is 0.335 e. The first-order valence-electron chi connectivity index (χ1n) is 9.95. The zero-order chi connectivity index (χ0) is 21.5. The molecule has 2 heterocycles. The molecule has 1 aromatic heterocycles. The molecule has 1 aliphatic rings. The highest BCUT2D eigenvalue weighted by molar-refractivity contribution is 6.34. The summed E-state index contributed by atoms with van der Waals surface area (Å²) in [7, 11) is 0. The Morgan fingerprint density at radius 1 is 0.839 bits per heavy atom. The van der Waals surface area contributed by atoms with Gasteiger partial charge in [-0.3, -0.25) is 14.4 Å². The van der Waals surface area contributed by atoms with Gasteiger partial charge < -0.3 is 9.88 Å². The lowest BCUT2D eigenvalue weighted by molar-refractivity contribution is -0.116. The summed E-state index contributed by atoms with van der Waals surface area (Å²) in [6.07, 6.45) is 0. The minimum Gasteiger partial charge on any atom is -0.335 e. The molecule has 0 atom stereocenters. The molecule has 1 aliphatic heterocycles. The van der Waals surface area contributed by atoms with Gasteiger partial charge in [-0.25, -0.2) is 4.90 Å². The van der Waals surface area contributed by atoms with Crippen molar-refractivity contribution >= 4 is 40.0 Å². The number of anilines is 2. The maximum Gasteiger partial charge on any atom is 0.266 e. The Morgan fingerprint density at radius 3 is 2.26 bits per heavy atom. The summed E-state index contributed by atoms with van der Waals surface area (Å²) in [6, 6.07) is 23.5. The van der Waals surface area contributed by atoms with Crippen LogP contribution in [0.25, 0.3) is 10.9 Å². The van der Waals surface area contributed by atoms with Gasteiger partial charge in [0, 0.05) is 16.9 Å². The van der Waals surface area contributed by atoms with Crippen molar-refractivity contribution in [1.29, 1.82) is 0 Å². The van der Waals surface area contributed by atoms with E-state index >= 15 is 0 Å². The molecule has 0 saturated carbocycles. The summed E-state index contributed by atoms with van der Waals surface area (Å²) in [6.45, 7) is 2.13. The molecule has 0 fully saturated rings. The first kappa shape index (κ1) is 18.8.